The summed E-state index contributed by atoms with van der Waals surface area (Å²) in [5.41, 5.74) is -0.705. The molecule has 0 spiro atoms. The molecule has 0 atom stereocenters. The van der Waals surface area contributed by atoms with Crippen molar-refractivity contribution in [3.63, 3.8) is 0 Å². The maximum absolute atomic E-state index is 12.5. The first kappa shape index (κ1) is 16.9. The number of carbonyl (C=O) groups is 1. The van der Waals surface area contributed by atoms with Gasteiger partial charge in [-0.1, -0.05) is 18.2 Å². The highest BCUT2D eigenvalue weighted by Gasteiger charge is 2.28. The van der Waals surface area contributed by atoms with Gasteiger partial charge in [-0.3, -0.25) is 25.0 Å². The lowest BCUT2D eigenvalue weighted by molar-refractivity contribution is -0.393. The fourth-order valence-electron chi connectivity index (χ4n) is 2.21. The molecule has 9 heteroatoms. The molecule has 24 heavy (non-hydrogen) atoms. The highest BCUT2D eigenvalue weighted by Crippen LogP contribution is 2.35. The Labute approximate surface area is 136 Å². The van der Waals surface area contributed by atoms with Crippen LogP contribution in [0.3, 0.4) is 0 Å². The zero-order valence-corrected chi connectivity index (χ0v) is 12.9. The maximum Gasteiger partial charge on any atom is 0.300 e. The lowest BCUT2D eigenvalue weighted by Gasteiger charge is -2.17. The van der Waals surface area contributed by atoms with Gasteiger partial charge in [-0.05, 0) is 12.1 Å². The smallest absolute Gasteiger partial charge is 0.300 e. The largest absolute Gasteiger partial charge is 0.371 e. The second-order valence-corrected chi connectivity index (χ2v) is 5.09. The second kappa shape index (κ2) is 6.73. The van der Waals surface area contributed by atoms with Crippen molar-refractivity contribution in [3.05, 3.63) is 68.3 Å². The van der Waals surface area contributed by atoms with Gasteiger partial charge in [0.1, 0.15) is 5.69 Å². The van der Waals surface area contributed by atoms with Gasteiger partial charge in [0.2, 0.25) is 0 Å². The standard InChI is InChI=1S/C15H14N4O5/c1-17(2)14-12(15(20)16-10-6-4-3-5-7-10)8-11(18(21)22)9-13(14)19(23)24/h3-9H,1-2H3,(H,16,20). The summed E-state index contributed by atoms with van der Waals surface area (Å²) in [7, 11) is 3.04. The molecule has 124 valence electrons. The van der Waals surface area contributed by atoms with Crippen molar-refractivity contribution in [2.75, 3.05) is 24.3 Å². The molecular weight excluding hydrogens is 316 g/mol. The quantitative estimate of drug-likeness (QED) is 0.665. The third-order valence-corrected chi connectivity index (χ3v) is 3.21. The SMILES string of the molecule is CN(C)c1c(C(=O)Nc2ccccc2)cc([N+](=O)[O-])cc1[N+](=O)[O-]. The second-order valence-electron chi connectivity index (χ2n) is 5.09. The van der Waals surface area contributed by atoms with Crippen molar-refractivity contribution in [1.29, 1.82) is 0 Å². The molecule has 0 heterocycles. The lowest BCUT2D eigenvalue weighted by Crippen LogP contribution is -2.20. The van der Waals surface area contributed by atoms with Crippen LogP contribution in [-0.2, 0) is 0 Å². The molecule has 2 aromatic rings. The molecule has 0 aliphatic rings. The minimum absolute atomic E-state index is 0.000897. The molecule has 1 N–H and O–H groups in total. The van der Waals surface area contributed by atoms with Crippen LogP contribution in [0.2, 0.25) is 0 Å². The van der Waals surface area contributed by atoms with E-state index in [9.17, 15) is 25.0 Å². The number of benzene rings is 2. The van der Waals surface area contributed by atoms with Gasteiger partial charge >= 0.3 is 0 Å². The number of nitrogens with zero attached hydrogens (tertiary/aromatic N) is 3. The monoisotopic (exact) mass is 330 g/mol. The van der Waals surface area contributed by atoms with Crippen molar-refractivity contribution < 1.29 is 14.6 Å². The summed E-state index contributed by atoms with van der Waals surface area (Å²) in [5.74, 6) is -0.670. The molecule has 0 aliphatic carbocycles. The summed E-state index contributed by atoms with van der Waals surface area (Å²) in [6.45, 7) is 0. The number of carbonyl (C=O) groups excluding carboxylic acids is 1. The summed E-state index contributed by atoms with van der Waals surface area (Å²) in [5, 5.41) is 24.9. The van der Waals surface area contributed by atoms with Crippen LogP contribution < -0.4 is 10.2 Å². The Bertz CT molecular complexity index is 805. The molecule has 0 aliphatic heterocycles. The Morgan fingerprint density at radius 1 is 1.04 bits per heavy atom. The molecule has 0 fully saturated rings. The van der Waals surface area contributed by atoms with Gasteiger partial charge in [-0.2, -0.15) is 0 Å². The highest BCUT2D eigenvalue weighted by molar-refractivity contribution is 6.10. The van der Waals surface area contributed by atoms with Crippen LogP contribution in [0, 0.1) is 20.2 Å². The zero-order chi connectivity index (χ0) is 17.9. The van der Waals surface area contributed by atoms with Crippen LogP contribution in [0.4, 0.5) is 22.7 Å². The van der Waals surface area contributed by atoms with Crippen molar-refractivity contribution >= 4 is 28.7 Å². The first-order chi connectivity index (χ1) is 11.3. The number of nitrogens with one attached hydrogen (secondary N) is 1. The number of nitro groups is 2. The van der Waals surface area contributed by atoms with Gasteiger partial charge in [0.15, 0.2) is 0 Å². The minimum Gasteiger partial charge on any atom is -0.371 e. The summed E-state index contributed by atoms with van der Waals surface area (Å²) < 4.78 is 0. The van der Waals surface area contributed by atoms with Crippen LogP contribution in [0.5, 0.6) is 0 Å². The fourth-order valence-corrected chi connectivity index (χ4v) is 2.21. The molecule has 9 nitrogen and oxygen atoms in total. The maximum atomic E-state index is 12.5. The van der Waals surface area contributed by atoms with E-state index in [4.69, 9.17) is 0 Å². The average molecular weight is 330 g/mol. The molecule has 0 unspecified atom stereocenters. The van der Waals surface area contributed by atoms with Crippen LogP contribution in [-0.4, -0.2) is 29.8 Å². The number of hydrogen-bond donors (Lipinski definition) is 1. The number of non-ortho nitro benzene ring substituents is 1. The van der Waals surface area contributed by atoms with E-state index in [1.807, 2.05) is 0 Å². The molecule has 0 aromatic heterocycles. The van der Waals surface area contributed by atoms with Crippen molar-refractivity contribution in [3.8, 4) is 0 Å². The van der Waals surface area contributed by atoms with Gasteiger partial charge in [0, 0.05) is 25.8 Å². The van der Waals surface area contributed by atoms with Gasteiger partial charge in [-0.15, -0.1) is 0 Å². The van der Waals surface area contributed by atoms with E-state index in [0.29, 0.717) is 5.69 Å². The van der Waals surface area contributed by atoms with Gasteiger partial charge in [0.05, 0.1) is 21.5 Å². The van der Waals surface area contributed by atoms with E-state index < -0.39 is 27.1 Å². The molecule has 0 saturated heterocycles. The average Bonchev–Trinajstić information content (AvgIpc) is 2.54. The Morgan fingerprint density at radius 2 is 1.67 bits per heavy atom. The number of nitro benzene ring substituents is 2. The number of amides is 1. The minimum atomic E-state index is -0.772. The van der Waals surface area contributed by atoms with Crippen molar-refractivity contribution in [1.82, 2.24) is 0 Å². The van der Waals surface area contributed by atoms with Gasteiger partial charge < -0.3 is 10.2 Å². The molecule has 1 amide bonds. The summed E-state index contributed by atoms with van der Waals surface area (Å²) in [4.78, 5) is 34.6. The van der Waals surface area contributed by atoms with Crippen LogP contribution in [0.1, 0.15) is 10.4 Å². The predicted octanol–water partition coefficient (Wildman–Crippen LogP) is 2.82. The number of para-hydroxylation sites is 1. The Kier molecular flexibility index (Phi) is 4.73. The Morgan fingerprint density at radius 3 is 2.17 bits per heavy atom. The van der Waals surface area contributed by atoms with Crippen molar-refractivity contribution in [2.45, 2.75) is 0 Å². The first-order valence-electron chi connectivity index (χ1n) is 6.82. The number of hydrogen-bond acceptors (Lipinski definition) is 6. The van der Waals surface area contributed by atoms with E-state index in [1.54, 1.807) is 30.3 Å². The topological polar surface area (TPSA) is 119 Å². The van der Waals surface area contributed by atoms with E-state index in [-0.39, 0.29) is 11.3 Å². The summed E-state index contributed by atoms with van der Waals surface area (Å²) in [6.07, 6.45) is 0. The van der Waals surface area contributed by atoms with E-state index in [1.165, 1.54) is 19.0 Å². The molecule has 0 bridgehead atoms. The van der Waals surface area contributed by atoms with E-state index in [2.05, 4.69) is 5.32 Å². The lowest BCUT2D eigenvalue weighted by atomic mass is 10.1. The molecule has 2 aromatic carbocycles. The van der Waals surface area contributed by atoms with Crippen LogP contribution in [0.25, 0.3) is 0 Å². The normalized spacial score (nSPS) is 10.1. The Balaban J connectivity index is 2.59. The summed E-state index contributed by atoms with van der Waals surface area (Å²) in [6, 6.07) is 10.3. The van der Waals surface area contributed by atoms with Gasteiger partial charge in [0.25, 0.3) is 17.3 Å². The third-order valence-electron chi connectivity index (χ3n) is 3.21. The van der Waals surface area contributed by atoms with Crippen LogP contribution in [0.15, 0.2) is 42.5 Å². The highest BCUT2D eigenvalue weighted by atomic mass is 16.6. The Hall–Kier alpha value is -3.49. The van der Waals surface area contributed by atoms with Gasteiger partial charge in [-0.25, -0.2) is 0 Å². The molecule has 0 radical (unpaired) electrons. The zero-order valence-electron chi connectivity index (χ0n) is 12.9. The fraction of sp³-hybridized carbons (Fsp3) is 0.133. The predicted molar refractivity (Wildman–Crippen MR) is 88.5 cm³/mol. The van der Waals surface area contributed by atoms with Crippen molar-refractivity contribution in [2.24, 2.45) is 0 Å². The first-order valence-corrected chi connectivity index (χ1v) is 6.82. The molecule has 2 rings (SSSR count). The van der Waals surface area contributed by atoms with E-state index in [0.717, 1.165) is 12.1 Å². The van der Waals surface area contributed by atoms with E-state index >= 15 is 0 Å². The molecular formula is C15H14N4O5. The number of anilines is 2. The third kappa shape index (κ3) is 3.46. The number of rotatable bonds is 5. The summed E-state index contributed by atoms with van der Waals surface area (Å²) >= 11 is 0. The molecule has 0 saturated carbocycles. The van der Waals surface area contributed by atoms with Crippen LogP contribution >= 0.6 is 0 Å².